The summed E-state index contributed by atoms with van der Waals surface area (Å²) in [7, 11) is -3.69. The first-order chi connectivity index (χ1) is 10.5. The van der Waals surface area contributed by atoms with Crippen LogP contribution in [0.3, 0.4) is 0 Å². The van der Waals surface area contributed by atoms with Gasteiger partial charge in [-0.2, -0.15) is 0 Å². The van der Waals surface area contributed by atoms with Crippen LogP contribution in [0.4, 0.5) is 0 Å². The molecule has 2 aromatic heterocycles. The molecular formula is C16H19ClN2O2S. The Balaban J connectivity index is 2.79. The molecule has 2 heterocycles. The molecule has 0 aliphatic carbocycles. The van der Waals surface area contributed by atoms with Crippen LogP contribution in [0.15, 0.2) is 41.6 Å². The van der Waals surface area contributed by atoms with Crippen LogP contribution in [0.25, 0.3) is 11.0 Å². The van der Waals surface area contributed by atoms with Crippen molar-refractivity contribution < 1.29 is 8.42 Å². The van der Waals surface area contributed by atoms with Crippen molar-refractivity contribution in [2.75, 3.05) is 0 Å². The Morgan fingerprint density at radius 1 is 1.41 bits per heavy atom. The zero-order chi connectivity index (χ0) is 16.3. The van der Waals surface area contributed by atoms with Crippen molar-refractivity contribution in [2.45, 2.75) is 33.6 Å². The average Bonchev–Trinajstić information content (AvgIpc) is 2.88. The van der Waals surface area contributed by atoms with Gasteiger partial charge in [-0.3, -0.25) is 0 Å². The molecule has 0 amide bonds. The van der Waals surface area contributed by atoms with E-state index in [9.17, 15) is 8.42 Å². The van der Waals surface area contributed by atoms with E-state index in [2.05, 4.69) is 4.98 Å². The lowest BCUT2D eigenvalue weighted by atomic mass is 10.2. The third kappa shape index (κ3) is 2.83. The third-order valence-corrected chi connectivity index (χ3v) is 5.37. The predicted octanol–water partition coefficient (Wildman–Crippen LogP) is 4.30. The van der Waals surface area contributed by atoms with Crippen LogP contribution < -0.4 is 0 Å². The van der Waals surface area contributed by atoms with E-state index in [1.807, 2.05) is 13.8 Å². The number of aromatic nitrogens is 2. The molecule has 0 saturated carbocycles. The molecule has 0 radical (unpaired) electrons. The molecule has 0 spiro atoms. The molecule has 0 bridgehead atoms. The van der Waals surface area contributed by atoms with Gasteiger partial charge in [-0.1, -0.05) is 37.6 Å². The molecule has 0 atom stereocenters. The van der Waals surface area contributed by atoms with Crippen molar-refractivity contribution in [3.63, 3.8) is 0 Å². The molecule has 6 heteroatoms. The lowest BCUT2D eigenvalue weighted by Gasteiger charge is -2.08. The maximum absolute atomic E-state index is 12.9. The minimum absolute atomic E-state index is 0.263. The topological polar surface area (TPSA) is 52.0 Å². The maximum atomic E-state index is 12.9. The van der Waals surface area contributed by atoms with Crippen LogP contribution in [-0.2, 0) is 16.4 Å². The summed E-state index contributed by atoms with van der Waals surface area (Å²) in [5.74, 6) is 0. The summed E-state index contributed by atoms with van der Waals surface area (Å²) in [5.41, 5.74) is 1.24. The Morgan fingerprint density at radius 2 is 2.14 bits per heavy atom. The molecule has 22 heavy (non-hydrogen) atoms. The van der Waals surface area contributed by atoms with Gasteiger partial charge in [-0.25, -0.2) is 17.4 Å². The Bertz CT molecular complexity index is 848. The molecule has 0 N–H and O–H groups in total. The summed E-state index contributed by atoms with van der Waals surface area (Å²) in [6, 6.07) is 1.68. The van der Waals surface area contributed by atoms with Gasteiger partial charge in [0.05, 0.1) is 9.93 Å². The van der Waals surface area contributed by atoms with Gasteiger partial charge in [0.2, 0.25) is 0 Å². The molecule has 0 fully saturated rings. The average molecular weight is 339 g/mol. The van der Waals surface area contributed by atoms with E-state index < -0.39 is 10.0 Å². The fourth-order valence-corrected chi connectivity index (χ4v) is 4.16. The summed E-state index contributed by atoms with van der Waals surface area (Å²) in [4.78, 5) is 4.49. The smallest absolute Gasteiger partial charge is 0.237 e. The van der Waals surface area contributed by atoms with Gasteiger partial charge in [0, 0.05) is 17.8 Å². The molecule has 0 aliphatic rings. The Morgan fingerprint density at radius 3 is 2.73 bits per heavy atom. The number of aryl methyl sites for hydroxylation is 1. The Hall–Kier alpha value is -1.59. The quantitative estimate of drug-likeness (QED) is 0.764. The summed E-state index contributed by atoms with van der Waals surface area (Å²) >= 11 is 6.23. The highest BCUT2D eigenvalue weighted by Gasteiger charge is 2.23. The fraction of sp³-hybridized carbons (Fsp3) is 0.312. The van der Waals surface area contributed by atoms with Gasteiger partial charge in [0.25, 0.3) is 10.0 Å². The highest BCUT2D eigenvalue weighted by atomic mass is 35.5. The summed E-state index contributed by atoms with van der Waals surface area (Å²) in [6.07, 6.45) is 9.46. The molecular weight excluding hydrogens is 320 g/mol. The molecule has 0 unspecified atom stereocenters. The van der Waals surface area contributed by atoms with E-state index in [1.54, 1.807) is 37.4 Å². The minimum atomic E-state index is -3.69. The normalized spacial score (nSPS) is 13.4. The van der Waals surface area contributed by atoms with Crippen LogP contribution in [0.1, 0.15) is 32.8 Å². The molecule has 2 rings (SSSR count). The summed E-state index contributed by atoms with van der Waals surface area (Å²) in [5, 5.41) is 1.22. The second-order valence-corrected chi connectivity index (χ2v) is 7.04. The van der Waals surface area contributed by atoms with Crippen LogP contribution in [0.2, 0.25) is 5.02 Å². The minimum Gasteiger partial charge on any atom is -0.237 e. The lowest BCUT2D eigenvalue weighted by molar-refractivity contribution is 0.595. The first-order valence-electron chi connectivity index (χ1n) is 7.20. The summed E-state index contributed by atoms with van der Waals surface area (Å²) in [6.45, 7) is 5.66. The van der Waals surface area contributed by atoms with Crippen LogP contribution >= 0.6 is 11.6 Å². The highest BCUT2D eigenvalue weighted by molar-refractivity contribution is 7.94. The first kappa shape index (κ1) is 16.8. The van der Waals surface area contributed by atoms with Crippen molar-refractivity contribution >= 4 is 32.7 Å². The predicted molar refractivity (Wildman–Crippen MR) is 91.6 cm³/mol. The van der Waals surface area contributed by atoms with Gasteiger partial charge >= 0.3 is 0 Å². The van der Waals surface area contributed by atoms with Crippen molar-refractivity contribution in [3.05, 3.63) is 52.2 Å². The van der Waals surface area contributed by atoms with Gasteiger partial charge < -0.3 is 0 Å². The number of fused-ring (bicyclic) bond motifs is 1. The second kappa shape index (κ2) is 6.67. The van der Waals surface area contributed by atoms with Gasteiger partial charge in [-0.15, -0.1) is 0 Å². The number of allylic oxidation sites excluding steroid dienone is 3. The second-order valence-electron chi connectivity index (χ2n) is 4.81. The van der Waals surface area contributed by atoms with Crippen molar-refractivity contribution in [1.82, 2.24) is 8.96 Å². The standard InChI is InChI=1S/C16H19ClN2O2S/c1-4-7-13(8-5-2)22(20,21)19-11-12(6-3)15-14(17)9-10-18-16(15)19/h4,7-11H,5-6H2,1-3H3. The molecule has 4 nitrogen and oxygen atoms in total. The van der Waals surface area contributed by atoms with E-state index >= 15 is 0 Å². The van der Waals surface area contributed by atoms with E-state index in [1.165, 1.54) is 10.2 Å². The molecule has 0 saturated heterocycles. The zero-order valence-corrected chi connectivity index (χ0v) is 14.4. The van der Waals surface area contributed by atoms with Gasteiger partial charge in [0.1, 0.15) is 0 Å². The van der Waals surface area contributed by atoms with E-state index in [0.717, 1.165) is 5.56 Å². The molecule has 0 aliphatic heterocycles. The largest absolute Gasteiger partial charge is 0.269 e. The van der Waals surface area contributed by atoms with Gasteiger partial charge in [-0.05, 0) is 37.5 Å². The van der Waals surface area contributed by atoms with E-state index in [0.29, 0.717) is 28.9 Å². The Kier molecular flexibility index (Phi) is 5.08. The number of nitrogens with zero attached hydrogens (tertiary/aromatic N) is 2. The maximum Gasteiger partial charge on any atom is 0.269 e. The van der Waals surface area contributed by atoms with Crippen LogP contribution in [0.5, 0.6) is 0 Å². The number of hydrogen-bond donors (Lipinski definition) is 0. The highest BCUT2D eigenvalue weighted by Crippen LogP contribution is 2.30. The van der Waals surface area contributed by atoms with Crippen molar-refractivity contribution in [2.24, 2.45) is 0 Å². The zero-order valence-electron chi connectivity index (χ0n) is 12.9. The number of rotatable bonds is 5. The SMILES string of the molecule is CC=CC(=CCC)S(=O)(=O)n1cc(CC)c2c(Cl)ccnc21. The third-order valence-electron chi connectivity index (χ3n) is 3.36. The van der Waals surface area contributed by atoms with E-state index in [-0.39, 0.29) is 4.91 Å². The van der Waals surface area contributed by atoms with Crippen molar-refractivity contribution in [1.29, 1.82) is 0 Å². The molecule has 118 valence electrons. The number of halogens is 1. The lowest BCUT2D eigenvalue weighted by Crippen LogP contribution is -2.13. The van der Waals surface area contributed by atoms with Crippen LogP contribution in [-0.4, -0.2) is 17.4 Å². The monoisotopic (exact) mass is 338 g/mol. The summed E-state index contributed by atoms with van der Waals surface area (Å²) < 4.78 is 27.1. The van der Waals surface area contributed by atoms with Crippen LogP contribution in [0, 0.1) is 0 Å². The Labute approximate surface area is 136 Å². The fourth-order valence-electron chi connectivity index (χ4n) is 2.35. The number of hydrogen-bond acceptors (Lipinski definition) is 3. The number of pyridine rings is 1. The van der Waals surface area contributed by atoms with Crippen molar-refractivity contribution in [3.8, 4) is 0 Å². The molecule has 2 aromatic rings. The van der Waals surface area contributed by atoms with E-state index in [4.69, 9.17) is 11.6 Å². The van der Waals surface area contributed by atoms with Gasteiger partial charge in [0.15, 0.2) is 5.65 Å². The first-order valence-corrected chi connectivity index (χ1v) is 9.02. The molecule has 0 aromatic carbocycles.